The Bertz CT molecular complexity index is 417. The molecular weight excluding hydrogens is 248 g/mol. The third-order valence-electron chi connectivity index (χ3n) is 4.66. The Labute approximate surface area is 122 Å². The van der Waals surface area contributed by atoms with E-state index in [2.05, 4.69) is 46.4 Å². The van der Waals surface area contributed by atoms with Crippen molar-refractivity contribution in [3.63, 3.8) is 0 Å². The largest absolute Gasteiger partial charge is 0.355 e. The van der Waals surface area contributed by atoms with Crippen LogP contribution in [-0.4, -0.2) is 29.3 Å². The van der Waals surface area contributed by atoms with E-state index in [1.54, 1.807) is 0 Å². The lowest BCUT2D eigenvalue weighted by molar-refractivity contribution is 0.310. The number of nitrogens with one attached hydrogen (secondary N) is 1. The van der Waals surface area contributed by atoms with E-state index >= 15 is 0 Å². The van der Waals surface area contributed by atoms with Gasteiger partial charge in [0.15, 0.2) is 5.82 Å². The fourth-order valence-electron chi connectivity index (χ4n) is 2.95. The van der Waals surface area contributed by atoms with Gasteiger partial charge >= 0.3 is 0 Å². The van der Waals surface area contributed by atoms with Gasteiger partial charge in [-0.3, -0.25) is 0 Å². The molecule has 1 N–H and O–H groups in total. The number of rotatable bonds is 5. The van der Waals surface area contributed by atoms with Gasteiger partial charge in [0.2, 0.25) is 0 Å². The molecule has 0 spiro atoms. The predicted octanol–water partition coefficient (Wildman–Crippen LogP) is 2.60. The highest BCUT2D eigenvalue weighted by atomic mass is 15.3. The Morgan fingerprint density at radius 2 is 1.90 bits per heavy atom. The van der Waals surface area contributed by atoms with Crippen molar-refractivity contribution in [3.05, 3.63) is 17.8 Å². The van der Waals surface area contributed by atoms with Crippen molar-refractivity contribution >= 4 is 5.82 Å². The average molecular weight is 274 g/mol. The molecule has 0 amide bonds. The quantitative estimate of drug-likeness (QED) is 0.896. The van der Waals surface area contributed by atoms with Crippen LogP contribution >= 0.6 is 0 Å². The number of nitrogens with zero attached hydrogens (tertiary/aromatic N) is 3. The smallest absolute Gasteiger partial charge is 0.151 e. The van der Waals surface area contributed by atoms with Crippen molar-refractivity contribution in [2.75, 3.05) is 18.0 Å². The van der Waals surface area contributed by atoms with Crippen LogP contribution in [0.4, 0.5) is 5.82 Å². The monoisotopic (exact) mass is 274 g/mol. The van der Waals surface area contributed by atoms with Crippen molar-refractivity contribution < 1.29 is 0 Å². The molecule has 0 aromatic carbocycles. The van der Waals surface area contributed by atoms with E-state index in [1.807, 2.05) is 0 Å². The van der Waals surface area contributed by atoms with Crippen molar-refractivity contribution in [1.82, 2.24) is 15.5 Å². The van der Waals surface area contributed by atoms with Gasteiger partial charge < -0.3 is 10.2 Å². The van der Waals surface area contributed by atoms with Gasteiger partial charge in [-0.1, -0.05) is 13.8 Å². The van der Waals surface area contributed by atoms with E-state index in [-0.39, 0.29) is 0 Å². The van der Waals surface area contributed by atoms with E-state index in [9.17, 15) is 0 Å². The fourth-order valence-corrected chi connectivity index (χ4v) is 2.95. The highest BCUT2D eigenvalue weighted by molar-refractivity contribution is 5.37. The van der Waals surface area contributed by atoms with Crippen LogP contribution in [0, 0.1) is 11.8 Å². The molecule has 0 atom stereocenters. The molecule has 0 radical (unpaired) electrons. The summed E-state index contributed by atoms with van der Waals surface area (Å²) in [6.45, 7) is 7.77. The molecule has 1 aromatic heterocycles. The van der Waals surface area contributed by atoms with Crippen LogP contribution in [0.25, 0.3) is 0 Å². The summed E-state index contributed by atoms with van der Waals surface area (Å²) in [5, 5.41) is 12.2. The molecule has 0 bridgehead atoms. The first-order chi connectivity index (χ1) is 9.72. The molecule has 1 aliphatic heterocycles. The zero-order valence-electron chi connectivity index (χ0n) is 12.7. The van der Waals surface area contributed by atoms with Crippen LogP contribution < -0.4 is 10.2 Å². The Morgan fingerprint density at radius 1 is 1.15 bits per heavy atom. The van der Waals surface area contributed by atoms with Crippen molar-refractivity contribution in [3.8, 4) is 0 Å². The maximum Gasteiger partial charge on any atom is 0.151 e. The van der Waals surface area contributed by atoms with Crippen LogP contribution in [0.5, 0.6) is 0 Å². The van der Waals surface area contributed by atoms with Gasteiger partial charge in [-0.2, -0.15) is 5.10 Å². The average Bonchev–Trinajstić information content (AvgIpc) is 3.30. The third kappa shape index (κ3) is 3.48. The van der Waals surface area contributed by atoms with Gasteiger partial charge in [0, 0.05) is 25.7 Å². The first kappa shape index (κ1) is 13.8. The second-order valence-corrected chi connectivity index (χ2v) is 6.61. The molecule has 2 fully saturated rings. The summed E-state index contributed by atoms with van der Waals surface area (Å²) in [5.74, 6) is 2.72. The molecule has 4 nitrogen and oxygen atoms in total. The standard InChI is InChI=1S/C16H26N4/c1-12(2)13-7-9-20(10-8-13)16-6-5-15(18-19-16)11-17-14-3-4-14/h5-6,12-14,17H,3-4,7-11H2,1-2H3. The highest BCUT2D eigenvalue weighted by Gasteiger charge is 2.23. The molecule has 1 saturated carbocycles. The minimum atomic E-state index is 0.728. The molecular formula is C16H26N4. The van der Waals surface area contributed by atoms with Crippen molar-refractivity contribution in [2.45, 2.75) is 52.1 Å². The van der Waals surface area contributed by atoms with Crippen LogP contribution in [0.2, 0.25) is 0 Å². The summed E-state index contributed by atoms with van der Waals surface area (Å²) in [4.78, 5) is 2.38. The van der Waals surface area contributed by atoms with Gasteiger partial charge in [0.05, 0.1) is 5.69 Å². The van der Waals surface area contributed by atoms with Gasteiger partial charge in [0.1, 0.15) is 0 Å². The summed E-state index contributed by atoms with van der Waals surface area (Å²) in [7, 11) is 0. The first-order valence-corrected chi connectivity index (χ1v) is 8.03. The Hall–Kier alpha value is -1.16. The summed E-state index contributed by atoms with van der Waals surface area (Å²) >= 11 is 0. The van der Waals surface area contributed by atoms with Crippen LogP contribution in [0.15, 0.2) is 12.1 Å². The van der Waals surface area contributed by atoms with E-state index in [0.29, 0.717) is 0 Å². The topological polar surface area (TPSA) is 41.0 Å². The van der Waals surface area contributed by atoms with Crippen molar-refractivity contribution in [2.24, 2.45) is 11.8 Å². The number of hydrogen-bond donors (Lipinski definition) is 1. The molecule has 4 heteroatoms. The molecule has 1 saturated heterocycles. The molecule has 0 unspecified atom stereocenters. The zero-order chi connectivity index (χ0) is 13.9. The minimum absolute atomic E-state index is 0.728. The van der Waals surface area contributed by atoms with E-state index in [0.717, 1.165) is 49.0 Å². The molecule has 20 heavy (non-hydrogen) atoms. The molecule has 3 rings (SSSR count). The molecule has 2 heterocycles. The zero-order valence-corrected chi connectivity index (χ0v) is 12.7. The summed E-state index contributed by atoms with van der Waals surface area (Å²) in [6, 6.07) is 4.98. The summed E-state index contributed by atoms with van der Waals surface area (Å²) in [6.07, 6.45) is 5.20. The van der Waals surface area contributed by atoms with Gasteiger partial charge in [-0.15, -0.1) is 5.10 Å². The van der Waals surface area contributed by atoms with E-state index in [4.69, 9.17) is 0 Å². The maximum absolute atomic E-state index is 4.41. The Morgan fingerprint density at radius 3 is 2.45 bits per heavy atom. The van der Waals surface area contributed by atoms with Crippen LogP contribution in [-0.2, 0) is 6.54 Å². The fraction of sp³-hybridized carbons (Fsp3) is 0.750. The molecule has 2 aliphatic rings. The van der Waals surface area contributed by atoms with E-state index in [1.165, 1.54) is 25.7 Å². The second-order valence-electron chi connectivity index (χ2n) is 6.61. The van der Waals surface area contributed by atoms with Gasteiger partial charge in [-0.25, -0.2) is 0 Å². The predicted molar refractivity (Wildman–Crippen MR) is 81.7 cm³/mol. The third-order valence-corrected chi connectivity index (χ3v) is 4.66. The van der Waals surface area contributed by atoms with Crippen LogP contribution in [0.3, 0.4) is 0 Å². The number of piperidine rings is 1. The highest BCUT2D eigenvalue weighted by Crippen LogP contribution is 2.26. The molecule has 1 aliphatic carbocycles. The van der Waals surface area contributed by atoms with Crippen molar-refractivity contribution in [1.29, 1.82) is 0 Å². The SMILES string of the molecule is CC(C)C1CCN(c2ccc(CNC3CC3)nn2)CC1. The van der Waals surface area contributed by atoms with Crippen LogP contribution in [0.1, 0.15) is 45.2 Å². The minimum Gasteiger partial charge on any atom is -0.355 e. The van der Waals surface area contributed by atoms with Gasteiger partial charge in [-0.05, 0) is 49.7 Å². The number of aromatic nitrogens is 2. The van der Waals surface area contributed by atoms with Gasteiger partial charge in [0.25, 0.3) is 0 Å². The maximum atomic E-state index is 4.41. The normalized spacial score (nSPS) is 20.6. The first-order valence-electron chi connectivity index (χ1n) is 8.03. The molecule has 110 valence electrons. The second kappa shape index (κ2) is 6.08. The number of hydrogen-bond acceptors (Lipinski definition) is 4. The lowest BCUT2D eigenvalue weighted by Gasteiger charge is -2.34. The summed E-state index contributed by atoms with van der Waals surface area (Å²) < 4.78 is 0. The lowest BCUT2D eigenvalue weighted by atomic mass is 9.87. The molecule has 1 aromatic rings. The Kier molecular flexibility index (Phi) is 4.20. The Balaban J connectivity index is 1.52. The summed E-state index contributed by atoms with van der Waals surface area (Å²) in [5.41, 5.74) is 1.05. The number of anilines is 1. The lowest BCUT2D eigenvalue weighted by Crippen LogP contribution is -2.35. The van der Waals surface area contributed by atoms with E-state index < -0.39 is 0 Å².